The van der Waals surface area contributed by atoms with Crippen molar-refractivity contribution in [3.05, 3.63) is 59.9 Å². The summed E-state index contributed by atoms with van der Waals surface area (Å²) in [7, 11) is 1.87. The van der Waals surface area contributed by atoms with E-state index >= 15 is 0 Å². The maximum absolute atomic E-state index is 13.1. The van der Waals surface area contributed by atoms with Crippen molar-refractivity contribution in [2.24, 2.45) is 0 Å². The molecular weight excluding hydrogens is 229 g/mol. The molecule has 18 heavy (non-hydrogen) atoms. The van der Waals surface area contributed by atoms with Crippen LogP contribution in [0.5, 0.6) is 0 Å². The summed E-state index contributed by atoms with van der Waals surface area (Å²) in [6, 6.07) is 7.48. The molecule has 0 saturated heterocycles. The molecule has 0 aliphatic carbocycles. The summed E-state index contributed by atoms with van der Waals surface area (Å²) in [5, 5.41) is 3.18. The third kappa shape index (κ3) is 3.34. The van der Waals surface area contributed by atoms with Crippen LogP contribution in [0.25, 0.3) is 0 Å². The summed E-state index contributed by atoms with van der Waals surface area (Å²) in [6.45, 7) is 0. The minimum Gasteiger partial charge on any atom is -0.313 e. The van der Waals surface area contributed by atoms with Gasteiger partial charge in [-0.25, -0.2) is 4.39 Å². The number of aryl methyl sites for hydroxylation is 1. The third-order valence-electron chi connectivity index (χ3n) is 2.89. The Morgan fingerprint density at radius 3 is 2.89 bits per heavy atom. The van der Waals surface area contributed by atoms with Crippen molar-refractivity contribution in [2.75, 3.05) is 7.05 Å². The SMILES string of the molecule is CNC(CCc1ccccn1)c1cncc(F)c1. The van der Waals surface area contributed by atoms with Crippen LogP contribution in [0.3, 0.4) is 0 Å². The molecule has 1 atom stereocenters. The fraction of sp³-hybridized carbons (Fsp3) is 0.286. The van der Waals surface area contributed by atoms with Crippen LogP contribution < -0.4 is 5.32 Å². The number of nitrogens with one attached hydrogen (secondary N) is 1. The van der Waals surface area contributed by atoms with Gasteiger partial charge in [0.25, 0.3) is 0 Å². The Morgan fingerprint density at radius 2 is 2.22 bits per heavy atom. The van der Waals surface area contributed by atoms with Gasteiger partial charge in [0.05, 0.1) is 6.20 Å². The quantitative estimate of drug-likeness (QED) is 0.879. The van der Waals surface area contributed by atoms with E-state index in [1.165, 1.54) is 12.3 Å². The Bertz CT molecular complexity index is 487. The molecule has 0 bridgehead atoms. The molecule has 0 radical (unpaired) electrons. The van der Waals surface area contributed by atoms with Crippen molar-refractivity contribution in [3.8, 4) is 0 Å². The molecule has 2 aromatic heterocycles. The molecule has 0 saturated carbocycles. The van der Waals surface area contributed by atoms with Gasteiger partial charge in [0.15, 0.2) is 0 Å². The summed E-state index contributed by atoms with van der Waals surface area (Å²) < 4.78 is 13.1. The molecule has 3 nitrogen and oxygen atoms in total. The van der Waals surface area contributed by atoms with Crippen LogP contribution in [0, 0.1) is 5.82 Å². The highest BCUT2D eigenvalue weighted by Gasteiger charge is 2.10. The molecule has 2 heterocycles. The smallest absolute Gasteiger partial charge is 0.141 e. The number of aromatic nitrogens is 2. The van der Waals surface area contributed by atoms with E-state index in [2.05, 4.69) is 15.3 Å². The second-order valence-corrected chi connectivity index (χ2v) is 4.14. The highest BCUT2D eigenvalue weighted by molar-refractivity contribution is 5.15. The Morgan fingerprint density at radius 1 is 1.33 bits per heavy atom. The van der Waals surface area contributed by atoms with E-state index in [-0.39, 0.29) is 11.9 Å². The lowest BCUT2D eigenvalue weighted by Crippen LogP contribution is -2.17. The number of hydrogen-bond acceptors (Lipinski definition) is 3. The lowest BCUT2D eigenvalue weighted by atomic mass is 10.0. The average Bonchev–Trinajstić information content (AvgIpc) is 2.41. The van der Waals surface area contributed by atoms with E-state index in [1.807, 2.05) is 25.2 Å². The van der Waals surface area contributed by atoms with E-state index in [0.717, 1.165) is 24.1 Å². The van der Waals surface area contributed by atoms with Crippen LogP contribution in [0.4, 0.5) is 4.39 Å². The summed E-state index contributed by atoms with van der Waals surface area (Å²) in [5.74, 6) is -0.300. The van der Waals surface area contributed by atoms with E-state index in [0.29, 0.717) is 0 Å². The Hall–Kier alpha value is -1.81. The largest absolute Gasteiger partial charge is 0.313 e. The molecular formula is C14H16FN3. The number of nitrogens with zero attached hydrogens (tertiary/aromatic N) is 2. The van der Waals surface area contributed by atoms with Gasteiger partial charge in [-0.05, 0) is 43.7 Å². The van der Waals surface area contributed by atoms with Gasteiger partial charge in [0.2, 0.25) is 0 Å². The number of hydrogen-bond donors (Lipinski definition) is 1. The van der Waals surface area contributed by atoms with Crippen LogP contribution in [0.2, 0.25) is 0 Å². The van der Waals surface area contributed by atoms with Gasteiger partial charge in [0.1, 0.15) is 5.82 Å². The molecule has 1 N–H and O–H groups in total. The Balaban J connectivity index is 2.02. The molecule has 0 aliphatic rings. The van der Waals surface area contributed by atoms with Crippen molar-refractivity contribution in [3.63, 3.8) is 0 Å². The second-order valence-electron chi connectivity index (χ2n) is 4.14. The predicted molar refractivity (Wildman–Crippen MR) is 68.6 cm³/mol. The van der Waals surface area contributed by atoms with Gasteiger partial charge in [-0.1, -0.05) is 6.07 Å². The lowest BCUT2D eigenvalue weighted by Gasteiger charge is -2.15. The van der Waals surface area contributed by atoms with Crippen molar-refractivity contribution in [1.82, 2.24) is 15.3 Å². The van der Waals surface area contributed by atoms with Crippen molar-refractivity contribution in [2.45, 2.75) is 18.9 Å². The predicted octanol–water partition coefficient (Wildman–Crippen LogP) is 2.51. The minimum atomic E-state index is -0.300. The van der Waals surface area contributed by atoms with Gasteiger partial charge in [-0.2, -0.15) is 0 Å². The Kier molecular flexibility index (Phi) is 4.36. The molecule has 1 unspecified atom stereocenters. The van der Waals surface area contributed by atoms with Crippen LogP contribution in [0.1, 0.15) is 23.7 Å². The van der Waals surface area contributed by atoms with E-state index in [4.69, 9.17) is 0 Å². The zero-order valence-electron chi connectivity index (χ0n) is 10.3. The first kappa shape index (κ1) is 12.6. The molecule has 0 amide bonds. The summed E-state index contributed by atoms with van der Waals surface area (Å²) in [5.41, 5.74) is 1.91. The molecule has 0 fully saturated rings. The summed E-state index contributed by atoms with van der Waals surface area (Å²) >= 11 is 0. The summed E-state index contributed by atoms with van der Waals surface area (Å²) in [6.07, 6.45) is 6.41. The maximum Gasteiger partial charge on any atom is 0.141 e. The summed E-state index contributed by atoms with van der Waals surface area (Å²) in [4.78, 5) is 8.16. The highest BCUT2D eigenvalue weighted by atomic mass is 19.1. The van der Waals surface area contributed by atoms with Crippen LogP contribution >= 0.6 is 0 Å². The van der Waals surface area contributed by atoms with Gasteiger partial charge in [0, 0.05) is 24.1 Å². The first-order valence-corrected chi connectivity index (χ1v) is 5.97. The van der Waals surface area contributed by atoms with Crippen LogP contribution in [0.15, 0.2) is 42.9 Å². The first-order chi connectivity index (χ1) is 8.79. The fourth-order valence-corrected chi connectivity index (χ4v) is 1.93. The van der Waals surface area contributed by atoms with Crippen molar-refractivity contribution >= 4 is 0 Å². The van der Waals surface area contributed by atoms with Crippen molar-refractivity contribution < 1.29 is 4.39 Å². The van der Waals surface area contributed by atoms with E-state index in [1.54, 1.807) is 12.4 Å². The minimum absolute atomic E-state index is 0.0928. The monoisotopic (exact) mass is 245 g/mol. The molecule has 2 aromatic rings. The standard InChI is InChI=1S/C14H16FN3/c1-16-14(11-8-12(15)10-17-9-11)6-5-13-4-2-3-7-18-13/h2-4,7-10,14,16H,5-6H2,1H3. The number of pyridine rings is 2. The molecule has 94 valence electrons. The highest BCUT2D eigenvalue weighted by Crippen LogP contribution is 2.18. The van der Waals surface area contributed by atoms with Crippen LogP contribution in [-0.2, 0) is 6.42 Å². The van der Waals surface area contributed by atoms with E-state index in [9.17, 15) is 4.39 Å². The van der Waals surface area contributed by atoms with Gasteiger partial charge >= 0.3 is 0 Å². The fourth-order valence-electron chi connectivity index (χ4n) is 1.93. The third-order valence-corrected chi connectivity index (χ3v) is 2.89. The number of halogens is 1. The average molecular weight is 245 g/mol. The normalized spacial score (nSPS) is 12.3. The molecule has 0 spiro atoms. The van der Waals surface area contributed by atoms with Gasteiger partial charge in [-0.15, -0.1) is 0 Å². The lowest BCUT2D eigenvalue weighted by molar-refractivity contribution is 0.535. The van der Waals surface area contributed by atoms with Gasteiger partial charge < -0.3 is 5.32 Å². The first-order valence-electron chi connectivity index (χ1n) is 5.97. The Labute approximate surface area is 106 Å². The number of rotatable bonds is 5. The zero-order valence-corrected chi connectivity index (χ0v) is 10.3. The molecule has 4 heteroatoms. The second kappa shape index (κ2) is 6.21. The molecule has 0 aromatic carbocycles. The van der Waals surface area contributed by atoms with Crippen molar-refractivity contribution in [1.29, 1.82) is 0 Å². The molecule has 2 rings (SSSR count). The zero-order chi connectivity index (χ0) is 12.8. The topological polar surface area (TPSA) is 37.8 Å². The van der Waals surface area contributed by atoms with Gasteiger partial charge in [-0.3, -0.25) is 9.97 Å². The van der Waals surface area contributed by atoms with E-state index < -0.39 is 0 Å². The maximum atomic E-state index is 13.1. The van der Waals surface area contributed by atoms with Crippen LogP contribution in [-0.4, -0.2) is 17.0 Å². The molecule has 0 aliphatic heterocycles.